The Labute approximate surface area is 160 Å². The van der Waals surface area contributed by atoms with E-state index in [4.69, 9.17) is 9.84 Å². The lowest BCUT2D eigenvalue weighted by molar-refractivity contribution is -0.142. The minimum Gasteiger partial charge on any atom is -0.488 e. The molecule has 0 aliphatic rings. The molecule has 2 unspecified atom stereocenters. The molecule has 0 saturated heterocycles. The van der Waals surface area contributed by atoms with E-state index in [-0.39, 0.29) is 12.0 Å². The van der Waals surface area contributed by atoms with E-state index < -0.39 is 5.97 Å². The summed E-state index contributed by atoms with van der Waals surface area (Å²) in [5.74, 6) is -0.0727. The zero-order valence-corrected chi connectivity index (χ0v) is 17.8. The topological polar surface area (TPSA) is 46.5 Å². The maximum absolute atomic E-state index is 11.0. The molecule has 0 saturated carbocycles. The monoisotopic (exact) mass is 614 g/mol. The third-order valence-electron chi connectivity index (χ3n) is 3.05. The highest BCUT2D eigenvalue weighted by Crippen LogP contribution is 2.31. The number of ether oxygens (including phenoxy) is 1. The Kier molecular flexibility index (Phi) is 8.39. The molecule has 0 spiro atoms. The second-order valence-corrected chi connectivity index (χ2v) is 8.22. The molecule has 1 N–H and O–H groups in total. The fourth-order valence-electron chi connectivity index (χ4n) is 1.84. The number of hydrogen-bond donors (Lipinski definition) is 1. The Morgan fingerprint density at radius 2 is 1.80 bits per heavy atom. The van der Waals surface area contributed by atoms with Crippen LogP contribution in [-0.2, 0) is 4.79 Å². The van der Waals surface area contributed by atoms with E-state index >= 15 is 0 Å². The predicted octanol–water partition coefficient (Wildman–Crippen LogP) is 5.16. The standard InChI is InChI=1S/C14H17I3O3/c1-3-9(14(18)19)5-4-8(2)20-13-11(16)6-10(15)7-12(13)17/h6-9H,3-5H2,1-2H3,(H,18,19). The van der Waals surface area contributed by atoms with Crippen LogP contribution in [0.4, 0.5) is 0 Å². The molecule has 0 aliphatic carbocycles. The highest BCUT2D eigenvalue weighted by Gasteiger charge is 2.18. The second kappa shape index (κ2) is 8.96. The number of hydrogen-bond acceptors (Lipinski definition) is 2. The Morgan fingerprint density at radius 1 is 1.25 bits per heavy atom. The van der Waals surface area contributed by atoms with Crippen molar-refractivity contribution in [1.29, 1.82) is 0 Å². The fraction of sp³-hybridized carbons (Fsp3) is 0.500. The normalized spacial score (nSPS) is 13.8. The van der Waals surface area contributed by atoms with Crippen molar-refractivity contribution >= 4 is 73.7 Å². The van der Waals surface area contributed by atoms with Crippen molar-refractivity contribution in [3.05, 3.63) is 22.8 Å². The van der Waals surface area contributed by atoms with Gasteiger partial charge in [0.05, 0.1) is 19.2 Å². The van der Waals surface area contributed by atoms with Crippen LogP contribution in [0.3, 0.4) is 0 Å². The van der Waals surface area contributed by atoms with Gasteiger partial charge >= 0.3 is 5.97 Å². The number of carboxylic acids is 1. The highest BCUT2D eigenvalue weighted by atomic mass is 127. The van der Waals surface area contributed by atoms with Crippen LogP contribution in [0.2, 0.25) is 0 Å². The van der Waals surface area contributed by atoms with Crippen molar-refractivity contribution < 1.29 is 14.6 Å². The van der Waals surface area contributed by atoms with Gasteiger partial charge in [-0.05, 0) is 106 Å². The summed E-state index contributed by atoms with van der Waals surface area (Å²) in [6.07, 6.45) is 2.10. The van der Waals surface area contributed by atoms with Gasteiger partial charge in [0, 0.05) is 3.57 Å². The summed E-state index contributed by atoms with van der Waals surface area (Å²) in [6.45, 7) is 3.91. The minimum atomic E-state index is -0.710. The van der Waals surface area contributed by atoms with Gasteiger partial charge in [-0.15, -0.1) is 0 Å². The summed E-state index contributed by atoms with van der Waals surface area (Å²) in [5.41, 5.74) is 0. The van der Waals surface area contributed by atoms with Crippen molar-refractivity contribution in [3.63, 3.8) is 0 Å². The van der Waals surface area contributed by atoms with E-state index in [0.717, 1.165) is 19.3 Å². The van der Waals surface area contributed by atoms with Crippen molar-refractivity contribution in [2.45, 2.75) is 39.2 Å². The van der Waals surface area contributed by atoms with Crippen LogP contribution in [0.1, 0.15) is 33.1 Å². The molecule has 0 amide bonds. The van der Waals surface area contributed by atoms with Gasteiger partial charge in [-0.25, -0.2) is 0 Å². The zero-order chi connectivity index (χ0) is 15.3. The Balaban J connectivity index is 2.63. The molecule has 3 nitrogen and oxygen atoms in total. The number of halogens is 3. The van der Waals surface area contributed by atoms with Gasteiger partial charge < -0.3 is 9.84 Å². The summed E-state index contributed by atoms with van der Waals surface area (Å²) in [4.78, 5) is 11.0. The van der Waals surface area contributed by atoms with Crippen LogP contribution >= 0.6 is 67.8 Å². The van der Waals surface area contributed by atoms with Gasteiger partial charge in [0.15, 0.2) is 0 Å². The van der Waals surface area contributed by atoms with E-state index in [1.54, 1.807) is 0 Å². The average Bonchev–Trinajstić information content (AvgIpc) is 2.34. The molecule has 6 heteroatoms. The SMILES string of the molecule is CCC(CCC(C)Oc1c(I)cc(I)cc1I)C(=O)O. The fourth-order valence-corrected chi connectivity index (χ4v) is 5.68. The first-order valence-electron chi connectivity index (χ1n) is 6.39. The van der Waals surface area contributed by atoms with Crippen LogP contribution in [-0.4, -0.2) is 17.2 Å². The molecule has 20 heavy (non-hydrogen) atoms. The summed E-state index contributed by atoms with van der Waals surface area (Å²) in [5, 5.41) is 9.05. The first kappa shape index (κ1) is 18.7. The van der Waals surface area contributed by atoms with Crippen molar-refractivity contribution in [1.82, 2.24) is 0 Å². The van der Waals surface area contributed by atoms with Crippen LogP contribution < -0.4 is 4.74 Å². The Morgan fingerprint density at radius 3 is 2.25 bits per heavy atom. The van der Waals surface area contributed by atoms with Crippen LogP contribution in [0.25, 0.3) is 0 Å². The van der Waals surface area contributed by atoms with Gasteiger partial charge in [0.1, 0.15) is 5.75 Å². The van der Waals surface area contributed by atoms with E-state index in [1.807, 2.05) is 13.8 Å². The minimum absolute atomic E-state index is 0.0190. The molecular weight excluding hydrogens is 597 g/mol. The number of aliphatic carboxylic acids is 1. The van der Waals surface area contributed by atoms with E-state index in [2.05, 4.69) is 79.9 Å². The average molecular weight is 614 g/mol. The largest absolute Gasteiger partial charge is 0.488 e. The van der Waals surface area contributed by atoms with Crippen LogP contribution in [0.15, 0.2) is 12.1 Å². The maximum Gasteiger partial charge on any atom is 0.306 e. The quantitative estimate of drug-likeness (QED) is 0.433. The van der Waals surface area contributed by atoms with Crippen LogP contribution in [0, 0.1) is 16.6 Å². The number of benzene rings is 1. The van der Waals surface area contributed by atoms with Crippen molar-refractivity contribution in [3.8, 4) is 5.75 Å². The third-order valence-corrected chi connectivity index (χ3v) is 5.27. The maximum atomic E-state index is 11.0. The third kappa shape index (κ3) is 5.82. The summed E-state index contributed by atoms with van der Waals surface area (Å²) in [6, 6.07) is 4.16. The van der Waals surface area contributed by atoms with Gasteiger partial charge in [0.25, 0.3) is 0 Å². The number of carbonyl (C=O) groups is 1. The first-order chi connectivity index (χ1) is 9.35. The van der Waals surface area contributed by atoms with Gasteiger partial charge in [-0.1, -0.05) is 6.92 Å². The molecule has 1 aromatic carbocycles. The van der Waals surface area contributed by atoms with Crippen molar-refractivity contribution in [2.24, 2.45) is 5.92 Å². The van der Waals surface area contributed by atoms with Gasteiger partial charge in [0.2, 0.25) is 0 Å². The lowest BCUT2D eigenvalue weighted by Crippen LogP contribution is -2.18. The zero-order valence-electron chi connectivity index (χ0n) is 11.3. The second-order valence-electron chi connectivity index (χ2n) is 4.65. The molecule has 0 aliphatic heterocycles. The molecule has 0 bridgehead atoms. The lowest BCUT2D eigenvalue weighted by Gasteiger charge is -2.19. The van der Waals surface area contributed by atoms with E-state index in [0.29, 0.717) is 12.8 Å². The summed E-state index contributed by atoms with van der Waals surface area (Å²) < 4.78 is 9.37. The van der Waals surface area contributed by atoms with Crippen molar-refractivity contribution in [2.75, 3.05) is 0 Å². The first-order valence-corrected chi connectivity index (χ1v) is 9.62. The Bertz CT molecular complexity index is 454. The molecule has 1 aromatic rings. The highest BCUT2D eigenvalue weighted by molar-refractivity contribution is 14.1. The smallest absolute Gasteiger partial charge is 0.306 e. The molecule has 0 fully saturated rings. The predicted molar refractivity (Wildman–Crippen MR) is 105 cm³/mol. The molecule has 0 radical (unpaired) electrons. The molecule has 1 rings (SSSR count). The molecule has 0 aromatic heterocycles. The summed E-state index contributed by atoms with van der Waals surface area (Å²) >= 11 is 6.84. The molecular formula is C14H17I3O3. The lowest BCUT2D eigenvalue weighted by atomic mass is 9.99. The molecule has 112 valence electrons. The van der Waals surface area contributed by atoms with Gasteiger partial charge in [-0.2, -0.15) is 0 Å². The van der Waals surface area contributed by atoms with E-state index in [1.165, 1.54) is 3.57 Å². The van der Waals surface area contributed by atoms with Crippen LogP contribution in [0.5, 0.6) is 5.75 Å². The molecule has 0 heterocycles. The van der Waals surface area contributed by atoms with E-state index in [9.17, 15) is 4.79 Å². The number of rotatable bonds is 7. The molecule has 2 atom stereocenters. The van der Waals surface area contributed by atoms with Gasteiger partial charge in [-0.3, -0.25) is 4.79 Å². The Hall–Kier alpha value is 0.680. The summed E-state index contributed by atoms with van der Waals surface area (Å²) in [7, 11) is 0. The number of carboxylic acid groups (broad SMARTS) is 1.